The normalized spacial score (nSPS) is 15.5. The number of benzene rings is 1. The molecule has 1 aromatic carbocycles. The summed E-state index contributed by atoms with van der Waals surface area (Å²) in [5.74, 6) is 1.21. The summed E-state index contributed by atoms with van der Waals surface area (Å²) < 4.78 is 4.92. The van der Waals surface area contributed by atoms with Gasteiger partial charge in [0.25, 0.3) is 0 Å². The Kier molecular flexibility index (Phi) is 6.13. The monoisotopic (exact) mass is 421 g/mol. The molecule has 0 aliphatic heterocycles. The highest BCUT2D eigenvalue weighted by atomic mass is 32.1. The first-order valence-electron chi connectivity index (χ1n) is 10.4. The lowest BCUT2D eigenvalue weighted by atomic mass is 9.79. The molecule has 30 heavy (non-hydrogen) atoms. The SMILES string of the molecule is COC(=O)c1ccncc1CC[C@@H]1CCCc2cc(N(C)c3csc(C)n3)ccc21. The fraction of sp³-hybridized carbons (Fsp3) is 0.375. The van der Waals surface area contributed by atoms with Gasteiger partial charge in [0, 0.05) is 30.5 Å². The van der Waals surface area contributed by atoms with Crippen molar-refractivity contribution in [2.75, 3.05) is 19.1 Å². The third-order valence-corrected chi connectivity index (χ3v) is 6.74. The molecule has 3 aromatic rings. The number of esters is 1. The molecule has 1 atom stereocenters. The first kappa shape index (κ1) is 20.5. The molecule has 0 unspecified atom stereocenters. The number of anilines is 2. The third-order valence-electron chi connectivity index (χ3n) is 5.97. The molecule has 0 radical (unpaired) electrons. The molecule has 5 nitrogen and oxygen atoms in total. The molecule has 1 aliphatic rings. The number of carbonyl (C=O) groups is 1. The van der Waals surface area contributed by atoms with Crippen molar-refractivity contribution in [3.05, 3.63) is 69.3 Å². The molecule has 156 valence electrons. The Labute approximate surface area is 181 Å². The van der Waals surface area contributed by atoms with E-state index in [4.69, 9.17) is 4.74 Å². The van der Waals surface area contributed by atoms with Gasteiger partial charge in [-0.2, -0.15) is 0 Å². The van der Waals surface area contributed by atoms with Crippen LogP contribution in [0.1, 0.15) is 57.2 Å². The maximum absolute atomic E-state index is 12.0. The molecule has 2 heterocycles. The molecule has 0 saturated carbocycles. The number of hydrogen-bond donors (Lipinski definition) is 0. The topological polar surface area (TPSA) is 55.3 Å². The molecule has 4 rings (SSSR count). The van der Waals surface area contributed by atoms with Crippen molar-refractivity contribution in [1.29, 1.82) is 0 Å². The van der Waals surface area contributed by atoms with Gasteiger partial charge >= 0.3 is 5.97 Å². The van der Waals surface area contributed by atoms with Gasteiger partial charge in [-0.3, -0.25) is 4.98 Å². The van der Waals surface area contributed by atoms with E-state index in [9.17, 15) is 4.79 Å². The summed E-state index contributed by atoms with van der Waals surface area (Å²) in [4.78, 5) is 23.0. The Morgan fingerprint density at radius 1 is 1.33 bits per heavy atom. The van der Waals surface area contributed by atoms with Crippen LogP contribution >= 0.6 is 11.3 Å². The number of hydrogen-bond acceptors (Lipinski definition) is 6. The minimum atomic E-state index is -0.290. The van der Waals surface area contributed by atoms with Gasteiger partial charge in [-0.15, -0.1) is 11.3 Å². The van der Waals surface area contributed by atoms with E-state index in [0.29, 0.717) is 11.5 Å². The van der Waals surface area contributed by atoms with Gasteiger partial charge < -0.3 is 9.64 Å². The largest absolute Gasteiger partial charge is 0.465 e. The number of pyridine rings is 1. The quantitative estimate of drug-likeness (QED) is 0.495. The van der Waals surface area contributed by atoms with Crippen LogP contribution in [0.25, 0.3) is 0 Å². The first-order chi connectivity index (χ1) is 14.6. The number of thiazole rings is 1. The molecule has 0 bridgehead atoms. The average molecular weight is 422 g/mol. The number of carbonyl (C=O) groups excluding carboxylic acids is 1. The molecule has 0 amide bonds. The second-order valence-corrected chi connectivity index (χ2v) is 8.88. The zero-order valence-electron chi connectivity index (χ0n) is 17.7. The predicted molar refractivity (Wildman–Crippen MR) is 121 cm³/mol. The van der Waals surface area contributed by atoms with Crippen molar-refractivity contribution in [3.8, 4) is 0 Å². The molecular formula is C24H27N3O2S. The zero-order chi connectivity index (χ0) is 21.1. The summed E-state index contributed by atoms with van der Waals surface area (Å²) in [5.41, 5.74) is 5.64. The van der Waals surface area contributed by atoms with Gasteiger partial charge in [-0.1, -0.05) is 6.07 Å². The van der Waals surface area contributed by atoms with Crippen LogP contribution in [-0.2, 0) is 17.6 Å². The van der Waals surface area contributed by atoms with E-state index in [2.05, 4.69) is 45.5 Å². The third kappa shape index (κ3) is 4.24. The Morgan fingerprint density at radius 2 is 2.20 bits per heavy atom. The van der Waals surface area contributed by atoms with Gasteiger partial charge in [0.2, 0.25) is 0 Å². The Balaban J connectivity index is 1.51. The lowest BCUT2D eigenvalue weighted by molar-refractivity contribution is 0.0599. The maximum atomic E-state index is 12.0. The predicted octanol–water partition coefficient (Wildman–Crippen LogP) is 5.45. The molecule has 0 fully saturated rings. The highest BCUT2D eigenvalue weighted by Crippen LogP contribution is 2.37. The van der Waals surface area contributed by atoms with Crippen molar-refractivity contribution in [2.24, 2.45) is 0 Å². The zero-order valence-corrected chi connectivity index (χ0v) is 18.5. The van der Waals surface area contributed by atoms with Gasteiger partial charge in [-0.25, -0.2) is 9.78 Å². The van der Waals surface area contributed by atoms with Crippen molar-refractivity contribution in [3.63, 3.8) is 0 Å². The van der Waals surface area contributed by atoms with E-state index in [-0.39, 0.29) is 5.97 Å². The molecule has 6 heteroatoms. The van der Waals surface area contributed by atoms with Gasteiger partial charge in [0.1, 0.15) is 5.82 Å². The van der Waals surface area contributed by atoms with Gasteiger partial charge in [0.05, 0.1) is 17.7 Å². The van der Waals surface area contributed by atoms with Gasteiger partial charge in [0.15, 0.2) is 0 Å². The van der Waals surface area contributed by atoms with E-state index in [0.717, 1.165) is 35.7 Å². The number of aryl methyl sites for hydroxylation is 3. The van der Waals surface area contributed by atoms with Crippen LogP contribution in [0.15, 0.2) is 42.0 Å². The van der Waals surface area contributed by atoms with E-state index in [1.54, 1.807) is 29.8 Å². The second-order valence-electron chi connectivity index (χ2n) is 7.82. The summed E-state index contributed by atoms with van der Waals surface area (Å²) in [6.07, 6.45) is 8.76. The number of fused-ring (bicyclic) bond motifs is 1. The minimum absolute atomic E-state index is 0.290. The van der Waals surface area contributed by atoms with Crippen molar-refractivity contribution < 1.29 is 9.53 Å². The molecule has 1 aliphatic carbocycles. The van der Waals surface area contributed by atoms with E-state index in [1.807, 2.05) is 6.92 Å². The maximum Gasteiger partial charge on any atom is 0.338 e. The van der Waals surface area contributed by atoms with E-state index in [1.165, 1.54) is 36.8 Å². The molecule has 0 spiro atoms. The van der Waals surface area contributed by atoms with Crippen LogP contribution < -0.4 is 4.90 Å². The Morgan fingerprint density at radius 3 is 2.97 bits per heavy atom. The summed E-state index contributed by atoms with van der Waals surface area (Å²) >= 11 is 1.67. The lowest BCUT2D eigenvalue weighted by Gasteiger charge is -2.27. The lowest BCUT2D eigenvalue weighted by Crippen LogP contribution is -2.15. The van der Waals surface area contributed by atoms with Crippen LogP contribution in [0.4, 0.5) is 11.5 Å². The van der Waals surface area contributed by atoms with Crippen LogP contribution in [0.5, 0.6) is 0 Å². The summed E-state index contributed by atoms with van der Waals surface area (Å²) in [6.45, 7) is 2.04. The standard InChI is InChI=1S/C24H27N3O2S/c1-16-26-23(15-30-16)27(2)20-9-10-21-17(5-4-6-18(21)13-20)7-8-19-14-25-12-11-22(19)24(28)29-3/h9-15,17H,4-8H2,1-3H3/t17-/m0/s1. The van der Waals surface area contributed by atoms with Crippen molar-refractivity contribution in [2.45, 2.75) is 44.9 Å². The van der Waals surface area contributed by atoms with Crippen molar-refractivity contribution >= 4 is 28.8 Å². The first-order valence-corrected chi connectivity index (χ1v) is 11.2. The minimum Gasteiger partial charge on any atom is -0.465 e. The van der Waals surface area contributed by atoms with E-state index >= 15 is 0 Å². The van der Waals surface area contributed by atoms with Crippen LogP contribution in [0, 0.1) is 6.92 Å². The average Bonchev–Trinajstić information content (AvgIpc) is 3.22. The number of methoxy groups -OCH3 is 1. The summed E-state index contributed by atoms with van der Waals surface area (Å²) in [7, 11) is 3.50. The van der Waals surface area contributed by atoms with Crippen LogP contribution in [-0.4, -0.2) is 30.1 Å². The molecule has 0 saturated heterocycles. The number of rotatable bonds is 6. The Hall–Kier alpha value is -2.73. The summed E-state index contributed by atoms with van der Waals surface area (Å²) in [6, 6.07) is 8.56. The van der Waals surface area contributed by atoms with Crippen LogP contribution in [0.3, 0.4) is 0 Å². The van der Waals surface area contributed by atoms with E-state index < -0.39 is 0 Å². The highest BCUT2D eigenvalue weighted by molar-refractivity contribution is 7.09. The molecule has 0 N–H and O–H groups in total. The molecular weight excluding hydrogens is 394 g/mol. The van der Waals surface area contributed by atoms with Crippen molar-refractivity contribution in [1.82, 2.24) is 9.97 Å². The fourth-order valence-corrected chi connectivity index (χ4v) is 4.95. The number of aromatic nitrogens is 2. The Bertz CT molecular complexity index is 1050. The smallest absolute Gasteiger partial charge is 0.338 e. The highest BCUT2D eigenvalue weighted by Gasteiger charge is 2.22. The molecule has 2 aromatic heterocycles. The van der Waals surface area contributed by atoms with Crippen LogP contribution in [0.2, 0.25) is 0 Å². The number of ether oxygens (including phenoxy) is 1. The fourth-order valence-electron chi connectivity index (χ4n) is 4.31. The number of nitrogens with zero attached hydrogens (tertiary/aromatic N) is 3. The van der Waals surface area contributed by atoms with Gasteiger partial charge in [-0.05, 0) is 79.8 Å². The summed E-state index contributed by atoms with van der Waals surface area (Å²) in [5, 5.41) is 3.18. The second kappa shape index (κ2) is 8.96.